The van der Waals surface area contributed by atoms with Crippen LogP contribution in [0.4, 0.5) is 0 Å². The molecule has 0 heterocycles. The van der Waals surface area contributed by atoms with Gasteiger partial charge in [-0.3, -0.25) is 0 Å². The molecule has 0 bridgehead atoms. The van der Waals surface area contributed by atoms with Gasteiger partial charge in [0.15, 0.2) is 0 Å². The summed E-state index contributed by atoms with van der Waals surface area (Å²) in [4.78, 5) is 0. The molecule has 0 amide bonds. The van der Waals surface area contributed by atoms with E-state index in [2.05, 4.69) is 80.5 Å². The van der Waals surface area contributed by atoms with Crippen molar-refractivity contribution in [2.45, 2.75) is 85.0 Å². The van der Waals surface area contributed by atoms with E-state index in [0.29, 0.717) is 5.92 Å². The molecule has 2 aromatic carbocycles. The highest BCUT2D eigenvalue weighted by atomic mass is 15.2. The van der Waals surface area contributed by atoms with Crippen LogP contribution in [-0.2, 0) is 6.42 Å². The average Bonchev–Trinajstić information content (AvgIpc) is 2.84. The molecule has 1 unspecified atom stereocenters. The summed E-state index contributed by atoms with van der Waals surface area (Å²) in [5.74, 6) is 2.24. The average molecular weight is 431 g/mol. The molecule has 1 saturated carbocycles. The molecule has 2 aromatic rings. The zero-order valence-corrected chi connectivity index (χ0v) is 20.5. The summed E-state index contributed by atoms with van der Waals surface area (Å²) in [6.45, 7) is 7.00. The van der Waals surface area contributed by atoms with E-state index < -0.39 is 0 Å². The summed E-state index contributed by atoms with van der Waals surface area (Å²) < 4.78 is 0. The van der Waals surface area contributed by atoms with Gasteiger partial charge in [-0.05, 0) is 67.1 Å². The lowest BCUT2D eigenvalue weighted by Gasteiger charge is -2.32. The lowest BCUT2D eigenvalue weighted by atomic mass is 9.73. The van der Waals surface area contributed by atoms with Crippen molar-refractivity contribution >= 4 is 11.9 Å². The SMILES string of the molecule is CCCCCc1ccc(C=NN=C(c2ccccc2)[C@H]2CC[C@H](C(C)CCC)CC2)cc1. The Bertz CT molecular complexity index is 827. The van der Waals surface area contributed by atoms with Gasteiger partial charge in [0, 0.05) is 5.92 Å². The van der Waals surface area contributed by atoms with E-state index >= 15 is 0 Å². The molecule has 172 valence electrons. The molecule has 0 spiro atoms. The first-order chi connectivity index (χ1) is 15.7. The molecule has 0 aromatic heterocycles. The van der Waals surface area contributed by atoms with E-state index in [9.17, 15) is 0 Å². The monoisotopic (exact) mass is 430 g/mol. The Morgan fingerprint density at radius 1 is 0.906 bits per heavy atom. The van der Waals surface area contributed by atoms with Crippen molar-refractivity contribution in [1.29, 1.82) is 0 Å². The molecule has 1 aliphatic rings. The Labute approximate surface area is 196 Å². The highest BCUT2D eigenvalue weighted by Gasteiger charge is 2.28. The number of hydrogen-bond donors (Lipinski definition) is 0. The maximum Gasteiger partial charge on any atom is 0.0733 e. The second kappa shape index (κ2) is 13.4. The van der Waals surface area contributed by atoms with Crippen LogP contribution in [0.25, 0.3) is 0 Å². The molecule has 1 fully saturated rings. The van der Waals surface area contributed by atoms with Crippen molar-refractivity contribution < 1.29 is 0 Å². The third-order valence-corrected chi connectivity index (χ3v) is 7.20. The molecule has 0 N–H and O–H groups in total. The van der Waals surface area contributed by atoms with Gasteiger partial charge in [0.2, 0.25) is 0 Å². The largest absolute Gasteiger partial charge is 0.158 e. The fourth-order valence-electron chi connectivity index (χ4n) is 5.14. The number of unbranched alkanes of at least 4 members (excludes halogenated alkanes) is 2. The minimum absolute atomic E-state index is 0.514. The molecule has 3 rings (SSSR count). The predicted octanol–water partition coefficient (Wildman–Crippen LogP) is 8.49. The van der Waals surface area contributed by atoms with Gasteiger partial charge in [-0.2, -0.15) is 10.2 Å². The summed E-state index contributed by atoms with van der Waals surface area (Å²) in [5.41, 5.74) is 4.93. The Balaban J connectivity index is 1.67. The van der Waals surface area contributed by atoms with Crippen molar-refractivity contribution in [3.05, 3.63) is 71.3 Å². The first kappa shape index (κ1) is 24.4. The smallest absolute Gasteiger partial charge is 0.0733 e. The van der Waals surface area contributed by atoms with Crippen LogP contribution in [0.2, 0.25) is 0 Å². The zero-order chi connectivity index (χ0) is 22.6. The van der Waals surface area contributed by atoms with Gasteiger partial charge in [0.25, 0.3) is 0 Å². The van der Waals surface area contributed by atoms with Gasteiger partial charge in [-0.1, -0.05) is 101 Å². The van der Waals surface area contributed by atoms with Crippen molar-refractivity contribution in [2.24, 2.45) is 28.0 Å². The molecule has 1 aliphatic carbocycles. The highest BCUT2D eigenvalue weighted by molar-refractivity contribution is 6.02. The first-order valence-electron chi connectivity index (χ1n) is 13.0. The van der Waals surface area contributed by atoms with E-state index in [-0.39, 0.29) is 0 Å². The van der Waals surface area contributed by atoms with Crippen LogP contribution in [0.3, 0.4) is 0 Å². The van der Waals surface area contributed by atoms with Gasteiger partial charge in [-0.25, -0.2) is 0 Å². The van der Waals surface area contributed by atoms with Crippen LogP contribution in [0.5, 0.6) is 0 Å². The third kappa shape index (κ3) is 7.43. The normalized spacial score (nSPS) is 20.5. The Kier molecular flexibility index (Phi) is 10.2. The van der Waals surface area contributed by atoms with Crippen molar-refractivity contribution in [1.82, 2.24) is 0 Å². The van der Waals surface area contributed by atoms with Crippen molar-refractivity contribution in [2.75, 3.05) is 0 Å². The molecule has 2 nitrogen and oxygen atoms in total. The second-order valence-corrected chi connectivity index (χ2v) is 9.67. The fraction of sp³-hybridized carbons (Fsp3) is 0.533. The molecule has 2 heteroatoms. The number of nitrogens with zero attached hydrogens (tertiary/aromatic N) is 2. The Morgan fingerprint density at radius 2 is 1.62 bits per heavy atom. The molecular formula is C30H42N2. The predicted molar refractivity (Wildman–Crippen MR) is 140 cm³/mol. The van der Waals surface area contributed by atoms with E-state index in [1.807, 2.05) is 6.21 Å². The van der Waals surface area contributed by atoms with E-state index in [0.717, 1.165) is 17.4 Å². The quantitative estimate of drug-likeness (QED) is 0.194. The summed E-state index contributed by atoms with van der Waals surface area (Å²) in [7, 11) is 0. The maximum absolute atomic E-state index is 4.79. The second-order valence-electron chi connectivity index (χ2n) is 9.67. The van der Waals surface area contributed by atoms with Crippen LogP contribution in [-0.4, -0.2) is 11.9 Å². The highest BCUT2D eigenvalue weighted by Crippen LogP contribution is 2.36. The Hall–Kier alpha value is -2.22. The van der Waals surface area contributed by atoms with Gasteiger partial charge < -0.3 is 0 Å². The van der Waals surface area contributed by atoms with Gasteiger partial charge in [-0.15, -0.1) is 0 Å². The van der Waals surface area contributed by atoms with Crippen LogP contribution in [0.1, 0.15) is 95.2 Å². The number of rotatable bonds is 11. The third-order valence-electron chi connectivity index (χ3n) is 7.20. The van der Waals surface area contributed by atoms with E-state index in [1.54, 1.807) is 0 Å². The van der Waals surface area contributed by atoms with E-state index in [4.69, 9.17) is 5.10 Å². The molecule has 0 saturated heterocycles. The molecule has 32 heavy (non-hydrogen) atoms. The summed E-state index contributed by atoms with van der Waals surface area (Å²) >= 11 is 0. The van der Waals surface area contributed by atoms with Crippen molar-refractivity contribution in [3.63, 3.8) is 0 Å². The summed E-state index contributed by atoms with van der Waals surface area (Å²) in [6.07, 6.45) is 14.7. The molecule has 0 aliphatic heterocycles. The molecule has 0 radical (unpaired) electrons. The van der Waals surface area contributed by atoms with Crippen LogP contribution < -0.4 is 0 Å². The van der Waals surface area contributed by atoms with Crippen molar-refractivity contribution in [3.8, 4) is 0 Å². The van der Waals surface area contributed by atoms with Crippen LogP contribution >= 0.6 is 0 Å². The zero-order valence-electron chi connectivity index (χ0n) is 20.5. The van der Waals surface area contributed by atoms with Crippen LogP contribution in [0, 0.1) is 17.8 Å². The number of hydrogen-bond acceptors (Lipinski definition) is 2. The van der Waals surface area contributed by atoms with Gasteiger partial charge >= 0.3 is 0 Å². The summed E-state index contributed by atoms with van der Waals surface area (Å²) in [6, 6.07) is 19.5. The molecule has 1 atom stereocenters. The molecular weight excluding hydrogens is 388 g/mol. The van der Waals surface area contributed by atoms with Gasteiger partial charge in [0.05, 0.1) is 11.9 Å². The summed E-state index contributed by atoms with van der Waals surface area (Å²) in [5, 5.41) is 9.33. The maximum atomic E-state index is 4.79. The lowest BCUT2D eigenvalue weighted by Crippen LogP contribution is -2.25. The Morgan fingerprint density at radius 3 is 2.28 bits per heavy atom. The fourth-order valence-corrected chi connectivity index (χ4v) is 5.14. The van der Waals surface area contributed by atoms with Crippen LogP contribution in [0.15, 0.2) is 64.8 Å². The minimum atomic E-state index is 0.514. The lowest BCUT2D eigenvalue weighted by molar-refractivity contribution is 0.232. The van der Waals surface area contributed by atoms with Gasteiger partial charge in [0.1, 0.15) is 0 Å². The first-order valence-corrected chi connectivity index (χ1v) is 13.0. The topological polar surface area (TPSA) is 24.7 Å². The van der Waals surface area contributed by atoms with E-state index in [1.165, 1.54) is 81.0 Å². The number of benzene rings is 2. The number of aryl methyl sites for hydroxylation is 1. The minimum Gasteiger partial charge on any atom is -0.158 e. The standard InChI is InChI=1S/C30H42N2/c1-4-6-8-12-25-15-17-26(18-16-25)23-31-32-30(28-13-9-7-10-14-28)29-21-19-27(20-22-29)24(3)11-5-2/h7,9-10,13-18,23-24,27,29H,4-6,8,11-12,19-22H2,1-3H3/t24?,27-,29-.